The number of fused-ring (bicyclic) bond motifs is 1. The van der Waals surface area contributed by atoms with Crippen molar-refractivity contribution in [1.29, 1.82) is 5.26 Å². The molecule has 0 aliphatic carbocycles. The number of hydrogen-bond donors (Lipinski definition) is 0. The molecule has 3 aromatic rings. The number of hydrogen-bond acceptors (Lipinski definition) is 3. The van der Waals surface area contributed by atoms with Gasteiger partial charge < -0.3 is 9.30 Å². The van der Waals surface area contributed by atoms with Crippen LogP contribution in [0, 0.1) is 18.3 Å². The number of para-hydroxylation sites is 1. The van der Waals surface area contributed by atoms with E-state index in [-0.39, 0.29) is 12.4 Å². The highest BCUT2D eigenvalue weighted by Crippen LogP contribution is 2.26. The molecule has 0 saturated carbocycles. The van der Waals surface area contributed by atoms with Gasteiger partial charge in [-0.25, -0.2) is 0 Å². The van der Waals surface area contributed by atoms with E-state index in [2.05, 4.69) is 6.07 Å². The molecule has 0 spiro atoms. The average molecular weight is 353 g/mol. The van der Waals surface area contributed by atoms with Gasteiger partial charge in [0.1, 0.15) is 18.3 Å². The van der Waals surface area contributed by atoms with E-state index in [4.69, 9.17) is 16.3 Å². The van der Waals surface area contributed by atoms with Crippen LogP contribution in [-0.4, -0.2) is 17.0 Å². The number of benzene rings is 2. The lowest BCUT2D eigenvalue weighted by molar-refractivity contribution is -0.121. The monoisotopic (exact) mass is 352 g/mol. The van der Waals surface area contributed by atoms with Crippen LogP contribution in [0.4, 0.5) is 0 Å². The molecule has 1 unspecified atom stereocenters. The van der Waals surface area contributed by atoms with E-state index in [1.165, 1.54) is 0 Å². The molecule has 0 N–H and O–H groups in total. The van der Waals surface area contributed by atoms with Gasteiger partial charge in [0.25, 0.3) is 0 Å². The summed E-state index contributed by atoms with van der Waals surface area (Å²) in [6.45, 7) is 1.70. The van der Waals surface area contributed by atoms with Gasteiger partial charge in [0.05, 0.1) is 6.07 Å². The maximum absolute atomic E-state index is 12.5. The second-order valence-electron chi connectivity index (χ2n) is 5.92. The second-order valence-corrected chi connectivity index (χ2v) is 6.32. The van der Waals surface area contributed by atoms with Gasteiger partial charge in [-0.15, -0.1) is 0 Å². The van der Waals surface area contributed by atoms with Gasteiger partial charge in [0.2, 0.25) is 0 Å². The number of aryl methyl sites for hydroxylation is 2. The Morgan fingerprint density at radius 3 is 2.72 bits per heavy atom. The van der Waals surface area contributed by atoms with Crippen molar-refractivity contribution < 1.29 is 9.53 Å². The molecule has 0 amide bonds. The van der Waals surface area contributed by atoms with Gasteiger partial charge in [0.15, 0.2) is 5.78 Å². The highest BCUT2D eigenvalue weighted by molar-refractivity contribution is 6.31. The summed E-state index contributed by atoms with van der Waals surface area (Å²) in [4.78, 5) is 12.5. The third-order valence-electron chi connectivity index (χ3n) is 4.25. The number of halogens is 1. The fraction of sp³-hybridized carbons (Fsp3) is 0.200. The van der Waals surface area contributed by atoms with E-state index in [0.717, 1.165) is 16.5 Å². The Bertz CT molecular complexity index is 985. The Kier molecular flexibility index (Phi) is 4.78. The number of carbonyl (C=O) groups excluding carboxylic acids is 1. The zero-order chi connectivity index (χ0) is 18.0. The highest BCUT2D eigenvalue weighted by atomic mass is 35.5. The first-order valence-corrected chi connectivity index (χ1v) is 8.24. The minimum absolute atomic E-state index is 0.166. The summed E-state index contributed by atoms with van der Waals surface area (Å²) in [5.74, 6) is -0.587. The molecule has 0 fully saturated rings. The molecular weight excluding hydrogens is 336 g/mol. The summed E-state index contributed by atoms with van der Waals surface area (Å²) < 4.78 is 7.44. The van der Waals surface area contributed by atoms with Gasteiger partial charge in [0, 0.05) is 23.3 Å². The minimum Gasteiger partial charge on any atom is -0.486 e. The van der Waals surface area contributed by atoms with Gasteiger partial charge in [-0.1, -0.05) is 29.8 Å². The molecule has 0 aliphatic rings. The fourth-order valence-electron chi connectivity index (χ4n) is 2.84. The molecule has 1 heterocycles. The van der Waals surface area contributed by atoms with E-state index in [0.29, 0.717) is 16.5 Å². The summed E-state index contributed by atoms with van der Waals surface area (Å²) in [5.41, 5.74) is 2.53. The van der Waals surface area contributed by atoms with Gasteiger partial charge in [-0.3, -0.25) is 4.79 Å². The maximum atomic E-state index is 12.5. The number of aromatic nitrogens is 1. The molecule has 1 aromatic heterocycles. The van der Waals surface area contributed by atoms with Gasteiger partial charge in [-0.05, 0) is 48.2 Å². The first kappa shape index (κ1) is 17.1. The molecule has 25 heavy (non-hydrogen) atoms. The van der Waals surface area contributed by atoms with Crippen LogP contribution in [0.1, 0.15) is 17.2 Å². The molecule has 5 heteroatoms. The van der Waals surface area contributed by atoms with E-state index in [9.17, 15) is 10.1 Å². The van der Waals surface area contributed by atoms with Gasteiger partial charge in [-0.2, -0.15) is 5.26 Å². The maximum Gasteiger partial charge on any atom is 0.193 e. The van der Waals surface area contributed by atoms with Crippen molar-refractivity contribution in [2.24, 2.45) is 7.05 Å². The second kappa shape index (κ2) is 7.00. The van der Waals surface area contributed by atoms with E-state index >= 15 is 0 Å². The zero-order valence-electron chi connectivity index (χ0n) is 14.0. The first-order valence-electron chi connectivity index (χ1n) is 7.87. The summed E-state index contributed by atoms with van der Waals surface area (Å²) in [6, 6.07) is 17.0. The lowest BCUT2D eigenvalue weighted by Crippen LogP contribution is -2.20. The van der Waals surface area contributed by atoms with Crippen molar-refractivity contribution >= 4 is 28.3 Å². The number of ether oxygens (including phenoxy) is 1. The quantitative estimate of drug-likeness (QED) is 0.684. The smallest absolute Gasteiger partial charge is 0.193 e. The van der Waals surface area contributed by atoms with Crippen molar-refractivity contribution in [2.75, 3.05) is 6.61 Å². The Labute approximate surface area is 151 Å². The Hall–Kier alpha value is -2.77. The van der Waals surface area contributed by atoms with Crippen LogP contribution in [-0.2, 0) is 11.8 Å². The van der Waals surface area contributed by atoms with Crippen molar-refractivity contribution in [3.05, 3.63) is 64.8 Å². The Morgan fingerprint density at radius 1 is 1.28 bits per heavy atom. The number of nitriles is 1. The predicted octanol–water partition coefficient (Wildman–Crippen LogP) is 4.40. The SMILES string of the molecule is Cc1cc(OCC(=O)C(C#N)c2cc3ccccc3n2C)ccc1Cl. The summed E-state index contributed by atoms with van der Waals surface area (Å²) in [6.07, 6.45) is 0. The Morgan fingerprint density at radius 2 is 2.04 bits per heavy atom. The normalized spacial score (nSPS) is 11.9. The Balaban J connectivity index is 1.80. The molecule has 0 radical (unpaired) electrons. The lowest BCUT2D eigenvalue weighted by Gasteiger charge is -2.12. The van der Waals surface area contributed by atoms with Crippen molar-refractivity contribution in [3.8, 4) is 11.8 Å². The third-order valence-corrected chi connectivity index (χ3v) is 4.67. The molecule has 0 aliphatic heterocycles. The fourth-order valence-corrected chi connectivity index (χ4v) is 2.95. The van der Waals surface area contributed by atoms with Crippen LogP contribution in [0.2, 0.25) is 5.02 Å². The van der Waals surface area contributed by atoms with Crippen LogP contribution in [0.25, 0.3) is 10.9 Å². The largest absolute Gasteiger partial charge is 0.486 e. The predicted molar refractivity (Wildman–Crippen MR) is 98.0 cm³/mol. The third kappa shape index (κ3) is 3.38. The van der Waals surface area contributed by atoms with Crippen LogP contribution in [0.5, 0.6) is 5.75 Å². The number of carbonyl (C=O) groups is 1. The number of Topliss-reactive ketones (excluding diaryl/α,β-unsaturated/α-hetero) is 1. The van der Waals surface area contributed by atoms with Crippen LogP contribution < -0.4 is 4.74 Å². The van der Waals surface area contributed by atoms with E-state index in [1.807, 2.05) is 48.9 Å². The average Bonchev–Trinajstić information content (AvgIpc) is 2.94. The topological polar surface area (TPSA) is 55.0 Å². The van der Waals surface area contributed by atoms with Crippen LogP contribution in [0.15, 0.2) is 48.5 Å². The first-order chi connectivity index (χ1) is 12.0. The molecule has 126 valence electrons. The van der Waals surface area contributed by atoms with Crippen LogP contribution in [0.3, 0.4) is 0 Å². The molecule has 3 rings (SSSR count). The number of ketones is 1. The molecule has 1 atom stereocenters. The van der Waals surface area contributed by atoms with Crippen LogP contribution >= 0.6 is 11.6 Å². The molecule has 0 bridgehead atoms. The van der Waals surface area contributed by atoms with E-state index < -0.39 is 5.92 Å². The molecule has 4 nitrogen and oxygen atoms in total. The molecular formula is C20H17ClN2O2. The van der Waals surface area contributed by atoms with Crippen molar-refractivity contribution in [1.82, 2.24) is 4.57 Å². The zero-order valence-corrected chi connectivity index (χ0v) is 14.7. The summed E-state index contributed by atoms with van der Waals surface area (Å²) in [5, 5.41) is 11.2. The summed E-state index contributed by atoms with van der Waals surface area (Å²) in [7, 11) is 1.86. The molecule has 2 aromatic carbocycles. The minimum atomic E-state index is -0.870. The highest BCUT2D eigenvalue weighted by Gasteiger charge is 2.24. The number of nitrogens with zero attached hydrogens (tertiary/aromatic N) is 2. The van der Waals surface area contributed by atoms with Gasteiger partial charge >= 0.3 is 0 Å². The van der Waals surface area contributed by atoms with E-state index in [1.54, 1.807) is 18.2 Å². The number of rotatable bonds is 5. The van der Waals surface area contributed by atoms with Crippen molar-refractivity contribution in [3.63, 3.8) is 0 Å². The standard InChI is InChI=1S/C20H17ClN2O2/c1-13-9-15(7-8-17(13)21)25-12-20(24)16(11-22)19-10-14-5-3-4-6-18(14)23(19)2/h3-10,16H,12H2,1-2H3. The lowest BCUT2D eigenvalue weighted by atomic mass is 10.0. The summed E-state index contributed by atoms with van der Waals surface area (Å²) >= 11 is 5.98. The van der Waals surface area contributed by atoms with Crippen molar-refractivity contribution in [2.45, 2.75) is 12.8 Å². The molecule has 0 saturated heterocycles.